The number of nitrogens with zero attached hydrogens (tertiary/aromatic N) is 4. The standard InChI is InChI=1S/C26H18N6O4/c1-14-9-18(36-17-4-2-3-15(10-17)12-27)6-8-22(14)32-24(28)19(13-29-32)23(33)25-30-20-7-5-16(26(34)35)11-21(20)31-25/h2-11,13H,28H2,1H3,(H,30,31)(H,34,35). The molecule has 0 saturated carbocycles. The minimum Gasteiger partial charge on any atom is -0.478 e. The molecule has 0 aliphatic carbocycles. The zero-order valence-corrected chi connectivity index (χ0v) is 18.9. The van der Waals surface area contributed by atoms with Crippen LogP contribution in [0.3, 0.4) is 0 Å². The molecule has 2 heterocycles. The molecule has 0 amide bonds. The number of hydrogen-bond donors (Lipinski definition) is 3. The number of benzene rings is 3. The minimum atomic E-state index is -1.08. The first kappa shape index (κ1) is 22.4. The van der Waals surface area contributed by atoms with Gasteiger partial charge in [0.2, 0.25) is 5.78 Å². The van der Waals surface area contributed by atoms with Gasteiger partial charge in [-0.2, -0.15) is 10.4 Å². The number of ether oxygens (including phenoxy) is 1. The van der Waals surface area contributed by atoms with Crippen molar-refractivity contribution in [3.8, 4) is 23.3 Å². The van der Waals surface area contributed by atoms with E-state index in [0.717, 1.165) is 5.56 Å². The topological polar surface area (TPSA) is 160 Å². The summed E-state index contributed by atoms with van der Waals surface area (Å²) >= 11 is 0. The van der Waals surface area contributed by atoms with Crippen molar-refractivity contribution < 1.29 is 19.4 Å². The van der Waals surface area contributed by atoms with E-state index in [1.54, 1.807) is 48.5 Å². The lowest BCUT2D eigenvalue weighted by atomic mass is 10.1. The molecule has 4 N–H and O–H groups in total. The molecule has 10 nitrogen and oxygen atoms in total. The van der Waals surface area contributed by atoms with E-state index in [0.29, 0.717) is 33.8 Å². The van der Waals surface area contributed by atoms with Crippen LogP contribution < -0.4 is 10.5 Å². The normalized spacial score (nSPS) is 10.8. The molecule has 5 rings (SSSR count). The molecule has 0 unspecified atom stereocenters. The van der Waals surface area contributed by atoms with Crippen LogP contribution in [0.1, 0.15) is 37.7 Å². The maximum absolute atomic E-state index is 13.1. The van der Waals surface area contributed by atoms with Crippen LogP contribution >= 0.6 is 0 Å². The number of ketones is 1. The van der Waals surface area contributed by atoms with Crippen molar-refractivity contribution >= 4 is 28.6 Å². The van der Waals surface area contributed by atoms with E-state index >= 15 is 0 Å². The average Bonchev–Trinajstić information content (AvgIpc) is 3.47. The third-order valence-electron chi connectivity index (χ3n) is 5.59. The Labute approximate surface area is 204 Å². The van der Waals surface area contributed by atoms with E-state index in [-0.39, 0.29) is 22.8 Å². The molecule has 0 aliphatic heterocycles. The number of aromatic amines is 1. The summed E-state index contributed by atoms with van der Waals surface area (Å²) in [4.78, 5) is 31.5. The van der Waals surface area contributed by atoms with Crippen molar-refractivity contribution in [3.63, 3.8) is 0 Å². The van der Waals surface area contributed by atoms with Gasteiger partial charge in [0.25, 0.3) is 0 Å². The second-order valence-corrected chi connectivity index (χ2v) is 8.00. The van der Waals surface area contributed by atoms with Gasteiger partial charge in [-0.05, 0) is 67.1 Å². The summed E-state index contributed by atoms with van der Waals surface area (Å²) in [5, 5.41) is 22.5. The molecule has 0 radical (unpaired) electrons. The number of nitrogens with one attached hydrogen (secondary N) is 1. The maximum atomic E-state index is 13.1. The summed E-state index contributed by atoms with van der Waals surface area (Å²) in [6.07, 6.45) is 1.37. The zero-order valence-electron chi connectivity index (χ0n) is 18.9. The third kappa shape index (κ3) is 4.01. The molecule has 0 bridgehead atoms. The van der Waals surface area contributed by atoms with Crippen LogP contribution in [0.4, 0.5) is 5.82 Å². The fraction of sp³-hybridized carbons (Fsp3) is 0.0385. The Morgan fingerprint density at radius 1 is 1.11 bits per heavy atom. The van der Waals surface area contributed by atoms with Gasteiger partial charge in [-0.1, -0.05) is 6.07 Å². The van der Waals surface area contributed by atoms with Crippen molar-refractivity contribution in [2.45, 2.75) is 6.92 Å². The number of aromatic carboxylic acids is 1. The van der Waals surface area contributed by atoms with Gasteiger partial charge < -0.3 is 20.6 Å². The predicted molar refractivity (Wildman–Crippen MR) is 130 cm³/mol. The minimum absolute atomic E-state index is 0.0267. The number of fused-ring (bicyclic) bond motifs is 1. The fourth-order valence-corrected chi connectivity index (χ4v) is 3.79. The van der Waals surface area contributed by atoms with Gasteiger partial charge in [-0.3, -0.25) is 4.79 Å². The van der Waals surface area contributed by atoms with Crippen molar-refractivity contribution in [2.75, 3.05) is 5.73 Å². The number of hydrogen-bond acceptors (Lipinski definition) is 7. The quantitative estimate of drug-likeness (QED) is 0.306. The summed E-state index contributed by atoms with van der Waals surface area (Å²) in [6.45, 7) is 1.86. The first-order valence-corrected chi connectivity index (χ1v) is 10.7. The second-order valence-electron chi connectivity index (χ2n) is 8.00. The number of nitriles is 1. The molecule has 0 saturated heterocycles. The number of rotatable bonds is 6. The number of aromatic nitrogens is 4. The molecular formula is C26H18N6O4. The Bertz CT molecular complexity index is 1710. The van der Waals surface area contributed by atoms with Crippen molar-refractivity contribution in [1.29, 1.82) is 5.26 Å². The Morgan fingerprint density at radius 3 is 2.67 bits per heavy atom. The highest BCUT2D eigenvalue weighted by Crippen LogP contribution is 2.28. The number of carbonyl (C=O) groups excluding carboxylic acids is 1. The lowest BCUT2D eigenvalue weighted by molar-refractivity contribution is 0.0697. The number of carbonyl (C=O) groups is 2. The SMILES string of the molecule is Cc1cc(Oc2cccc(C#N)c2)ccc1-n1ncc(C(=O)c2nc3cc(C(=O)O)ccc3[nH]2)c1N. The Balaban J connectivity index is 1.42. The molecule has 2 aromatic heterocycles. The van der Waals surface area contributed by atoms with Crippen molar-refractivity contribution in [1.82, 2.24) is 19.7 Å². The number of H-pyrrole nitrogens is 1. The lowest BCUT2D eigenvalue weighted by Gasteiger charge is -2.11. The van der Waals surface area contributed by atoms with Gasteiger partial charge in [0, 0.05) is 0 Å². The van der Waals surface area contributed by atoms with Crippen LogP contribution in [0.25, 0.3) is 16.7 Å². The number of nitrogens with two attached hydrogens (primary N) is 1. The van der Waals surface area contributed by atoms with Gasteiger partial charge >= 0.3 is 5.97 Å². The molecule has 0 fully saturated rings. The fourth-order valence-electron chi connectivity index (χ4n) is 3.79. The molecular weight excluding hydrogens is 460 g/mol. The first-order chi connectivity index (χ1) is 17.3. The zero-order chi connectivity index (χ0) is 25.4. The van der Waals surface area contributed by atoms with Crippen molar-refractivity contribution in [2.24, 2.45) is 0 Å². The van der Waals surface area contributed by atoms with Crippen LogP contribution in [-0.2, 0) is 0 Å². The summed E-state index contributed by atoms with van der Waals surface area (Å²) in [5.41, 5.74) is 9.34. The van der Waals surface area contributed by atoms with Gasteiger partial charge in [-0.15, -0.1) is 0 Å². The number of anilines is 1. The van der Waals surface area contributed by atoms with Gasteiger partial charge in [0.1, 0.15) is 17.3 Å². The summed E-state index contributed by atoms with van der Waals surface area (Å²) < 4.78 is 7.31. The van der Waals surface area contributed by atoms with Crippen LogP contribution in [0, 0.1) is 18.3 Å². The van der Waals surface area contributed by atoms with E-state index in [1.807, 2.05) is 6.92 Å². The smallest absolute Gasteiger partial charge is 0.335 e. The molecule has 10 heteroatoms. The van der Waals surface area contributed by atoms with Crippen LogP contribution in [-0.4, -0.2) is 36.6 Å². The highest BCUT2D eigenvalue weighted by atomic mass is 16.5. The number of aryl methyl sites for hydroxylation is 1. The summed E-state index contributed by atoms with van der Waals surface area (Å²) in [5.74, 6) is -0.294. The molecule has 0 aliphatic rings. The monoisotopic (exact) mass is 478 g/mol. The Kier molecular flexibility index (Phi) is 5.43. The number of carboxylic acid groups (broad SMARTS) is 1. The molecule has 0 atom stereocenters. The number of nitrogen functional groups attached to an aromatic ring is 1. The van der Waals surface area contributed by atoms with E-state index < -0.39 is 11.8 Å². The number of imidazole rings is 1. The maximum Gasteiger partial charge on any atom is 0.335 e. The first-order valence-electron chi connectivity index (χ1n) is 10.7. The molecule has 0 spiro atoms. The Morgan fingerprint density at radius 2 is 1.92 bits per heavy atom. The van der Waals surface area contributed by atoms with E-state index in [4.69, 9.17) is 20.8 Å². The van der Waals surface area contributed by atoms with E-state index in [9.17, 15) is 9.59 Å². The predicted octanol–water partition coefficient (Wildman–Crippen LogP) is 4.23. The summed E-state index contributed by atoms with van der Waals surface area (Å²) in [7, 11) is 0. The number of carboxylic acids is 1. The van der Waals surface area contributed by atoms with Crippen LogP contribution in [0.5, 0.6) is 11.5 Å². The lowest BCUT2D eigenvalue weighted by Crippen LogP contribution is -2.09. The highest BCUT2D eigenvalue weighted by molar-refractivity contribution is 6.10. The van der Waals surface area contributed by atoms with Gasteiger partial charge in [0.05, 0.1) is 45.7 Å². The van der Waals surface area contributed by atoms with Gasteiger partial charge in [-0.25, -0.2) is 14.5 Å². The molecule has 5 aromatic rings. The largest absolute Gasteiger partial charge is 0.478 e. The van der Waals surface area contributed by atoms with Crippen LogP contribution in [0.2, 0.25) is 0 Å². The third-order valence-corrected chi connectivity index (χ3v) is 5.59. The highest BCUT2D eigenvalue weighted by Gasteiger charge is 2.22. The molecule has 176 valence electrons. The van der Waals surface area contributed by atoms with Crippen molar-refractivity contribution in [3.05, 3.63) is 94.9 Å². The second kappa shape index (κ2) is 8.73. The Hall–Kier alpha value is -5.43. The summed E-state index contributed by atoms with van der Waals surface area (Å²) in [6, 6.07) is 18.6. The van der Waals surface area contributed by atoms with Gasteiger partial charge in [0.15, 0.2) is 5.82 Å². The van der Waals surface area contributed by atoms with E-state index in [2.05, 4.69) is 21.1 Å². The average molecular weight is 478 g/mol. The van der Waals surface area contributed by atoms with Crippen LogP contribution in [0.15, 0.2) is 66.9 Å². The van der Waals surface area contributed by atoms with E-state index in [1.165, 1.54) is 23.0 Å². The molecule has 3 aromatic carbocycles. The molecule has 36 heavy (non-hydrogen) atoms.